The van der Waals surface area contributed by atoms with Crippen LogP contribution >= 0.6 is 11.8 Å². The summed E-state index contributed by atoms with van der Waals surface area (Å²) in [6.45, 7) is 0. The van der Waals surface area contributed by atoms with Gasteiger partial charge in [0.05, 0.1) is 6.26 Å². The third kappa shape index (κ3) is 2.07. The molecule has 0 saturated heterocycles. The minimum Gasteiger partial charge on any atom is -0.498 e. The summed E-state index contributed by atoms with van der Waals surface area (Å²) in [4.78, 5) is 1.57. The number of hydrogen-bond donors (Lipinski definition) is 0. The van der Waals surface area contributed by atoms with Crippen LogP contribution in [0.2, 0.25) is 0 Å². The topological polar surface area (TPSA) is 9.23 Å². The molecule has 0 aliphatic carbocycles. The summed E-state index contributed by atoms with van der Waals surface area (Å²) in [6, 6.07) is 0. The number of ether oxygens (including phenoxy) is 1. The van der Waals surface area contributed by atoms with E-state index in [-0.39, 0.29) is 0 Å². The van der Waals surface area contributed by atoms with Gasteiger partial charge in [-0.1, -0.05) is 6.08 Å². The Hall–Kier alpha value is -0.370. The van der Waals surface area contributed by atoms with Crippen molar-refractivity contribution in [3.8, 4) is 0 Å². The van der Waals surface area contributed by atoms with Crippen molar-refractivity contribution < 1.29 is 4.74 Å². The zero-order valence-electron chi connectivity index (χ0n) is 7.16. The van der Waals surface area contributed by atoms with Crippen molar-refractivity contribution >= 4 is 11.8 Å². The monoisotopic (exact) mass is 182 g/mol. The van der Waals surface area contributed by atoms with Gasteiger partial charge in [0, 0.05) is 12.2 Å². The van der Waals surface area contributed by atoms with Crippen LogP contribution in [0.4, 0.5) is 0 Å². The molecule has 0 fully saturated rings. The van der Waals surface area contributed by atoms with Crippen molar-refractivity contribution in [3.63, 3.8) is 0 Å². The van der Waals surface area contributed by atoms with Gasteiger partial charge in [-0.25, -0.2) is 0 Å². The predicted octanol–water partition coefficient (Wildman–Crippen LogP) is 3.09. The second kappa shape index (κ2) is 4.04. The van der Waals surface area contributed by atoms with E-state index in [4.69, 9.17) is 4.74 Å². The number of hydrogen-bond acceptors (Lipinski definition) is 2. The normalized spacial score (nSPS) is 27.3. The van der Waals surface area contributed by atoms with E-state index in [0.29, 0.717) is 6.10 Å². The van der Waals surface area contributed by atoms with Crippen LogP contribution in [0.15, 0.2) is 23.3 Å². The van der Waals surface area contributed by atoms with Gasteiger partial charge < -0.3 is 4.74 Å². The lowest BCUT2D eigenvalue weighted by atomic mass is 10.1. The Morgan fingerprint density at radius 3 is 3.25 bits per heavy atom. The van der Waals surface area contributed by atoms with Gasteiger partial charge in [-0.15, -0.1) is 11.8 Å². The molecule has 2 heterocycles. The van der Waals surface area contributed by atoms with Gasteiger partial charge >= 0.3 is 0 Å². The van der Waals surface area contributed by atoms with Crippen molar-refractivity contribution in [3.05, 3.63) is 23.3 Å². The number of thioether (sulfide) groups is 1. The number of rotatable bonds is 3. The first-order valence-corrected chi connectivity index (χ1v) is 5.56. The predicted molar refractivity (Wildman–Crippen MR) is 53.0 cm³/mol. The third-order valence-electron chi connectivity index (χ3n) is 2.26. The molecule has 0 N–H and O–H groups in total. The van der Waals surface area contributed by atoms with E-state index in [2.05, 4.69) is 12.2 Å². The molecule has 0 bridgehead atoms. The van der Waals surface area contributed by atoms with Crippen LogP contribution in [0.3, 0.4) is 0 Å². The standard InChI is InChI=1S/C10H14OS/c1-3-9(11-7-1)5-6-10-4-2-8-12-10/h1,4,7,9H,2-3,5-6,8H2. The molecule has 2 aliphatic heterocycles. The van der Waals surface area contributed by atoms with Gasteiger partial charge in [-0.05, 0) is 30.2 Å². The van der Waals surface area contributed by atoms with Gasteiger partial charge in [0.1, 0.15) is 6.10 Å². The van der Waals surface area contributed by atoms with Gasteiger partial charge in [0.15, 0.2) is 0 Å². The third-order valence-corrected chi connectivity index (χ3v) is 3.44. The lowest BCUT2D eigenvalue weighted by molar-refractivity contribution is 0.162. The lowest BCUT2D eigenvalue weighted by Crippen LogP contribution is -2.03. The molecule has 2 heteroatoms. The van der Waals surface area contributed by atoms with E-state index in [1.54, 1.807) is 4.91 Å². The summed E-state index contributed by atoms with van der Waals surface area (Å²) in [6.07, 6.45) is 11.6. The molecule has 0 spiro atoms. The van der Waals surface area contributed by atoms with Crippen LogP contribution in [-0.2, 0) is 4.74 Å². The van der Waals surface area contributed by atoms with Crippen molar-refractivity contribution in [2.24, 2.45) is 0 Å². The molecule has 0 aromatic carbocycles. The summed E-state index contributed by atoms with van der Waals surface area (Å²) in [5, 5.41) is 0. The van der Waals surface area contributed by atoms with Gasteiger partial charge in [0.2, 0.25) is 0 Å². The van der Waals surface area contributed by atoms with E-state index in [1.165, 1.54) is 25.0 Å². The highest BCUT2D eigenvalue weighted by Gasteiger charge is 2.13. The second-order valence-corrected chi connectivity index (χ2v) is 4.43. The molecule has 1 nitrogen and oxygen atoms in total. The van der Waals surface area contributed by atoms with Gasteiger partial charge in [-0.3, -0.25) is 0 Å². The lowest BCUT2D eigenvalue weighted by Gasteiger charge is -2.09. The van der Waals surface area contributed by atoms with Crippen molar-refractivity contribution in [1.82, 2.24) is 0 Å². The molecule has 0 radical (unpaired) electrons. The van der Waals surface area contributed by atoms with Gasteiger partial charge in [-0.2, -0.15) is 0 Å². The van der Waals surface area contributed by atoms with E-state index < -0.39 is 0 Å². The molecule has 0 aromatic heterocycles. The maximum atomic E-state index is 5.40. The molecule has 12 heavy (non-hydrogen) atoms. The van der Waals surface area contributed by atoms with Crippen molar-refractivity contribution in [2.45, 2.75) is 31.8 Å². The molecule has 2 aliphatic rings. The van der Waals surface area contributed by atoms with Crippen LogP contribution in [0, 0.1) is 0 Å². The minimum absolute atomic E-state index is 0.465. The molecule has 1 unspecified atom stereocenters. The molecule has 2 rings (SSSR count). The van der Waals surface area contributed by atoms with Crippen LogP contribution in [0.25, 0.3) is 0 Å². The molecule has 0 aromatic rings. The number of allylic oxidation sites excluding steroid dienone is 2. The Bertz CT molecular complexity index is 200. The Balaban J connectivity index is 1.67. The summed E-state index contributed by atoms with van der Waals surface area (Å²) in [5.41, 5.74) is 0. The van der Waals surface area contributed by atoms with Gasteiger partial charge in [0.25, 0.3) is 0 Å². The zero-order chi connectivity index (χ0) is 8.23. The Labute approximate surface area is 77.9 Å². The molecule has 66 valence electrons. The quantitative estimate of drug-likeness (QED) is 0.663. The Kier molecular flexibility index (Phi) is 2.77. The summed E-state index contributed by atoms with van der Waals surface area (Å²) >= 11 is 2.01. The molecular formula is C10H14OS. The zero-order valence-corrected chi connectivity index (χ0v) is 7.98. The van der Waals surface area contributed by atoms with Crippen molar-refractivity contribution in [2.75, 3.05) is 5.75 Å². The fraction of sp³-hybridized carbons (Fsp3) is 0.600. The van der Waals surface area contributed by atoms with E-state index >= 15 is 0 Å². The second-order valence-electron chi connectivity index (χ2n) is 3.21. The summed E-state index contributed by atoms with van der Waals surface area (Å²) in [5.74, 6) is 1.29. The van der Waals surface area contributed by atoms with E-state index in [1.807, 2.05) is 18.0 Å². The average Bonchev–Trinajstić information content (AvgIpc) is 2.74. The van der Waals surface area contributed by atoms with E-state index in [0.717, 1.165) is 6.42 Å². The average molecular weight is 182 g/mol. The highest BCUT2D eigenvalue weighted by molar-refractivity contribution is 8.03. The van der Waals surface area contributed by atoms with Crippen LogP contribution in [0.5, 0.6) is 0 Å². The smallest absolute Gasteiger partial charge is 0.102 e. The summed E-state index contributed by atoms with van der Waals surface area (Å²) < 4.78 is 5.40. The SMILES string of the molecule is C1=COC(CCC2=CCCS2)C1. The minimum atomic E-state index is 0.465. The first kappa shape index (κ1) is 8.24. The maximum Gasteiger partial charge on any atom is 0.102 e. The fourth-order valence-corrected chi connectivity index (χ4v) is 2.56. The van der Waals surface area contributed by atoms with E-state index in [9.17, 15) is 0 Å². The summed E-state index contributed by atoms with van der Waals surface area (Å²) in [7, 11) is 0. The fourth-order valence-electron chi connectivity index (χ4n) is 1.56. The maximum absolute atomic E-state index is 5.40. The molecule has 0 saturated carbocycles. The highest BCUT2D eigenvalue weighted by Crippen LogP contribution is 2.30. The first-order valence-electron chi connectivity index (χ1n) is 4.57. The van der Waals surface area contributed by atoms with Crippen LogP contribution in [-0.4, -0.2) is 11.9 Å². The largest absolute Gasteiger partial charge is 0.498 e. The van der Waals surface area contributed by atoms with Crippen LogP contribution in [0.1, 0.15) is 25.7 Å². The molecule has 0 amide bonds. The first-order chi connectivity index (χ1) is 5.95. The highest BCUT2D eigenvalue weighted by atomic mass is 32.2. The Morgan fingerprint density at radius 2 is 2.58 bits per heavy atom. The molecule has 1 atom stereocenters. The Morgan fingerprint density at radius 1 is 1.58 bits per heavy atom. The van der Waals surface area contributed by atoms with Crippen LogP contribution < -0.4 is 0 Å². The van der Waals surface area contributed by atoms with Crippen molar-refractivity contribution in [1.29, 1.82) is 0 Å². The molecular weight excluding hydrogens is 168 g/mol.